The van der Waals surface area contributed by atoms with Gasteiger partial charge in [-0.3, -0.25) is 4.79 Å². The summed E-state index contributed by atoms with van der Waals surface area (Å²) >= 11 is 0. The number of rotatable bonds is 10. The summed E-state index contributed by atoms with van der Waals surface area (Å²) in [6, 6.07) is 14.1. The molecule has 0 bridgehead atoms. The third-order valence-corrected chi connectivity index (χ3v) is 8.80. The average Bonchev–Trinajstić information content (AvgIpc) is 3.31. The molecular weight excluding hydrogens is 532 g/mol. The molecule has 5 rings (SSSR count). The van der Waals surface area contributed by atoms with Crippen molar-refractivity contribution < 1.29 is 28.8 Å². The monoisotopic (exact) mass is 576 g/mol. The van der Waals surface area contributed by atoms with Crippen LogP contribution < -0.4 is 18.9 Å². The number of fused-ring (bicyclic) bond motifs is 2. The summed E-state index contributed by atoms with van der Waals surface area (Å²) in [6.45, 7) is 3.91. The second kappa shape index (κ2) is 13.7. The smallest absolute Gasteiger partial charge is 0.227 e. The number of nitrogens with zero attached hydrogens (tertiary/aromatic N) is 2. The maximum atomic E-state index is 13.3. The van der Waals surface area contributed by atoms with Crippen molar-refractivity contribution in [2.45, 2.75) is 44.6 Å². The van der Waals surface area contributed by atoms with Crippen molar-refractivity contribution in [2.24, 2.45) is 5.92 Å². The first kappa shape index (κ1) is 30.0. The molecule has 2 aliphatic heterocycles. The van der Waals surface area contributed by atoms with E-state index in [-0.39, 0.29) is 5.91 Å². The third kappa shape index (κ3) is 6.60. The molecule has 2 aliphatic rings. The van der Waals surface area contributed by atoms with E-state index < -0.39 is 6.10 Å². The zero-order valence-corrected chi connectivity index (χ0v) is 25.4. The van der Waals surface area contributed by atoms with Gasteiger partial charge in [-0.15, -0.1) is 0 Å². The SMILES string of the molecule is COc1cc2c(cc1OC)CC(=O)N(CC1CCCCN(CC(O)Cc3cccc4c(OC)c(OC)ccc34)C1)CC2. The Morgan fingerprint density at radius 3 is 2.38 bits per heavy atom. The van der Waals surface area contributed by atoms with E-state index in [9.17, 15) is 9.90 Å². The fourth-order valence-electron chi connectivity index (χ4n) is 6.69. The molecule has 1 saturated heterocycles. The van der Waals surface area contributed by atoms with Crippen molar-refractivity contribution in [1.29, 1.82) is 0 Å². The minimum absolute atomic E-state index is 0.166. The van der Waals surface area contributed by atoms with E-state index in [2.05, 4.69) is 11.0 Å². The Balaban J connectivity index is 1.22. The van der Waals surface area contributed by atoms with Crippen molar-refractivity contribution in [2.75, 3.05) is 61.2 Å². The van der Waals surface area contributed by atoms with Crippen LogP contribution in [0.4, 0.5) is 0 Å². The van der Waals surface area contributed by atoms with Crippen LogP contribution in [0.3, 0.4) is 0 Å². The Kier molecular flexibility index (Phi) is 9.75. The number of β-amino-alcohol motifs (C(OH)–C–C–N with tert-alkyl or cyclic N) is 1. The number of likely N-dealkylation sites (tertiary alicyclic amines) is 1. The molecule has 2 unspecified atom stereocenters. The number of amides is 1. The molecule has 2 atom stereocenters. The summed E-state index contributed by atoms with van der Waals surface area (Å²) in [5, 5.41) is 13.3. The number of aliphatic hydroxyl groups is 1. The molecule has 3 aromatic rings. The Hall–Kier alpha value is -3.49. The standard InChI is InChI=1S/C34H44N2O6/c1-39-30-12-11-28-25(9-7-10-29(28)34(30)42-4)16-27(37)22-35-14-6-5-8-23(20-35)21-36-15-13-24-17-31(40-2)32(41-3)18-26(24)19-33(36)38/h7,9-12,17-18,23,27,37H,5-6,8,13-16,19-22H2,1-4H3. The number of hydrogen-bond acceptors (Lipinski definition) is 7. The van der Waals surface area contributed by atoms with Gasteiger partial charge in [-0.25, -0.2) is 0 Å². The van der Waals surface area contributed by atoms with Gasteiger partial charge in [0.15, 0.2) is 23.0 Å². The van der Waals surface area contributed by atoms with Crippen LogP contribution in [-0.2, 0) is 24.1 Å². The maximum Gasteiger partial charge on any atom is 0.227 e. The van der Waals surface area contributed by atoms with Gasteiger partial charge in [0.1, 0.15) is 0 Å². The van der Waals surface area contributed by atoms with Crippen LogP contribution in [0.5, 0.6) is 23.0 Å². The largest absolute Gasteiger partial charge is 0.493 e. The first-order valence-electron chi connectivity index (χ1n) is 15.0. The van der Waals surface area contributed by atoms with Crippen molar-refractivity contribution in [3.8, 4) is 23.0 Å². The summed E-state index contributed by atoms with van der Waals surface area (Å²) in [7, 11) is 6.56. The number of carbonyl (C=O) groups is 1. The summed E-state index contributed by atoms with van der Waals surface area (Å²) in [6.07, 6.45) is 4.58. The van der Waals surface area contributed by atoms with E-state index in [1.807, 2.05) is 41.3 Å². The summed E-state index contributed by atoms with van der Waals surface area (Å²) < 4.78 is 22.1. The maximum absolute atomic E-state index is 13.3. The number of methoxy groups -OCH3 is 4. The van der Waals surface area contributed by atoms with E-state index >= 15 is 0 Å². The zero-order chi connectivity index (χ0) is 29.6. The quantitative estimate of drug-likeness (QED) is 0.381. The molecule has 1 amide bonds. The molecule has 0 spiro atoms. The van der Waals surface area contributed by atoms with Crippen LogP contribution in [0, 0.1) is 5.92 Å². The van der Waals surface area contributed by atoms with Crippen LogP contribution in [0.15, 0.2) is 42.5 Å². The molecule has 226 valence electrons. The highest BCUT2D eigenvalue weighted by molar-refractivity contribution is 5.93. The molecule has 8 heteroatoms. The Bertz CT molecular complexity index is 1390. The Labute approximate surface area is 249 Å². The van der Waals surface area contributed by atoms with Crippen molar-refractivity contribution >= 4 is 16.7 Å². The molecule has 0 aliphatic carbocycles. The second-order valence-corrected chi connectivity index (χ2v) is 11.5. The van der Waals surface area contributed by atoms with Gasteiger partial charge < -0.3 is 33.9 Å². The molecule has 3 aromatic carbocycles. The number of hydrogen-bond donors (Lipinski definition) is 1. The van der Waals surface area contributed by atoms with Crippen LogP contribution in [0.1, 0.15) is 36.0 Å². The lowest BCUT2D eigenvalue weighted by Crippen LogP contribution is -2.41. The molecule has 42 heavy (non-hydrogen) atoms. The third-order valence-electron chi connectivity index (χ3n) is 8.80. The average molecular weight is 577 g/mol. The van der Waals surface area contributed by atoms with Gasteiger partial charge in [-0.05, 0) is 72.0 Å². The predicted molar refractivity (Wildman–Crippen MR) is 164 cm³/mol. The minimum atomic E-state index is -0.498. The molecular formula is C34H44N2O6. The Morgan fingerprint density at radius 1 is 0.881 bits per heavy atom. The summed E-state index contributed by atoms with van der Waals surface area (Å²) in [5.41, 5.74) is 3.27. The minimum Gasteiger partial charge on any atom is -0.493 e. The van der Waals surface area contributed by atoms with Crippen LogP contribution in [0.25, 0.3) is 10.8 Å². The number of carbonyl (C=O) groups excluding carboxylic acids is 1. The van der Waals surface area contributed by atoms with Crippen molar-refractivity contribution in [3.05, 3.63) is 59.2 Å². The number of aliphatic hydroxyl groups excluding tert-OH is 1. The fraction of sp³-hybridized carbons (Fsp3) is 0.500. The van der Waals surface area contributed by atoms with Crippen LogP contribution in [0.2, 0.25) is 0 Å². The van der Waals surface area contributed by atoms with E-state index in [4.69, 9.17) is 18.9 Å². The predicted octanol–water partition coefficient (Wildman–Crippen LogP) is 4.51. The molecule has 0 saturated carbocycles. The summed E-state index contributed by atoms with van der Waals surface area (Å²) in [4.78, 5) is 17.8. The molecule has 0 radical (unpaired) electrons. The van der Waals surface area contributed by atoms with Gasteiger partial charge in [-0.2, -0.15) is 0 Å². The molecule has 1 fully saturated rings. The van der Waals surface area contributed by atoms with Crippen LogP contribution in [-0.4, -0.2) is 88.1 Å². The Morgan fingerprint density at radius 2 is 1.64 bits per heavy atom. The van der Waals surface area contributed by atoms with Gasteiger partial charge in [0.25, 0.3) is 0 Å². The van der Waals surface area contributed by atoms with E-state index in [0.29, 0.717) is 54.8 Å². The lowest BCUT2D eigenvalue weighted by Gasteiger charge is -2.30. The normalized spacial score (nSPS) is 18.6. The van der Waals surface area contributed by atoms with Crippen molar-refractivity contribution in [1.82, 2.24) is 9.80 Å². The van der Waals surface area contributed by atoms with Gasteiger partial charge in [0.05, 0.1) is 41.0 Å². The molecule has 8 nitrogen and oxygen atoms in total. The van der Waals surface area contributed by atoms with E-state index in [0.717, 1.165) is 72.8 Å². The molecule has 2 heterocycles. The van der Waals surface area contributed by atoms with Gasteiger partial charge in [-0.1, -0.05) is 30.7 Å². The topological polar surface area (TPSA) is 80.7 Å². The highest BCUT2D eigenvalue weighted by atomic mass is 16.5. The lowest BCUT2D eigenvalue weighted by atomic mass is 9.98. The van der Waals surface area contributed by atoms with Crippen LogP contribution >= 0.6 is 0 Å². The van der Waals surface area contributed by atoms with Gasteiger partial charge >= 0.3 is 0 Å². The van der Waals surface area contributed by atoms with Gasteiger partial charge in [0.2, 0.25) is 5.91 Å². The van der Waals surface area contributed by atoms with Gasteiger partial charge in [0, 0.05) is 38.0 Å². The lowest BCUT2D eigenvalue weighted by molar-refractivity contribution is -0.131. The fourth-order valence-corrected chi connectivity index (χ4v) is 6.69. The summed E-state index contributed by atoms with van der Waals surface area (Å²) in [5.74, 6) is 3.33. The molecule has 1 N–H and O–H groups in total. The first-order chi connectivity index (χ1) is 20.4. The highest BCUT2D eigenvalue weighted by Gasteiger charge is 2.27. The van der Waals surface area contributed by atoms with E-state index in [1.54, 1.807) is 28.4 Å². The number of benzene rings is 3. The number of ether oxygens (including phenoxy) is 4. The zero-order valence-electron chi connectivity index (χ0n) is 25.4. The first-order valence-corrected chi connectivity index (χ1v) is 15.0. The molecule has 0 aromatic heterocycles. The second-order valence-electron chi connectivity index (χ2n) is 11.5. The van der Waals surface area contributed by atoms with Crippen molar-refractivity contribution in [3.63, 3.8) is 0 Å². The highest BCUT2D eigenvalue weighted by Crippen LogP contribution is 2.37. The van der Waals surface area contributed by atoms with E-state index in [1.165, 1.54) is 0 Å².